The fourth-order valence-corrected chi connectivity index (χ4v) is 3.81. The summed E-state index contributed by atoms with van der Waals surface area (Å²) in [6.45, 7) is 1.40. The number of nitrogens with zero attached hydrogens (tertiary/aromatic N) is 2. The number of halogens is 1. The van der Waals surface area contributed by atoms with Crippen LogP contribution in [0.1, 0.15) is 15.9 Å². The van der Waals surface area contributed by atoms with Crippen molar-refractivity contribution in [2.45, 2.75) is 11.8 Å². The molecule has 0 atom stereocenters. The van der Waals surface area contributed by atoms with E-state index in [1.165, 1.54) is 24.6 Å². The minimum atomic E-state index is -3.98. The highest BCUT2D eigenvalue weighted by atomic mass is 35.5. The number of benzene rings is 1. The molecule has 2 rings (SSSR count). The van der Waals surface area contributed by atoms with Crippen LogP contribution in [0.4, 0.5) is 5.13 Å². The van der Waals surface area contributed by atoms with Crippen LogP contribution < -0.4 is 4.72 Å². The van der Waals surface area contributed by atoms with Crippen LogP contribution in [0.25, 0.3) is 0 Å². The highest BCUT2D eigenvalue weighted by Gasteiger charge is 2.23. The van der Waals surface area contributed by atoms with Crippen LogP contribution >= 0.6 is 22.9 Å². The smallest absolute Gasteiger partial charge is 0.336 e. The van der Waals surface area contributed by atoms with Crippen LogP contribution in [0.5, 0.6) is 0 Å². The van der Waals surface area contributed by atoms with E-state index in [1.807, 2.05) is 0 Å². The van der Waals surface area contributed by atoms with Crippen molar-refractivity contribution >= 4 is 44.1 Å². The van der Waals surface area contributed by atoms with Crippen molar-refractivity contribution in [2.75, 3.05) is 4.72 Å². The minimum Gasteiger partial charge on any atom is -0.478 e. The van der Waals surface area contributed by atoms with Crippen molar-refractivity contribution in [1.29, 1.82) is 0 Å². The number of carboxylic acids is 1. The van der Waals surface area contributed by atoms with E-state index in [1.54, 1.807) is 0 Å². The molecule has 0 spiro atoms. The highest BCUT2D eigenvalue weighted by molar-refractivity contribution is 7.93. The van der Waals surface area contributed by atoms with Gasteiger partial charge in [-0.15, -0.1) is 10.2 Å². The van der Waals surface area contributed by atoms with Crippen molar-refractivity contribution in [3.8, 4) is 0 Å². The standard InChI is InChI=1S/C10H8ClN3O4S2/c1-5-7(9(15)16)2-6(11)3-8(5)20(17,18)14-10-13-12-4-19-10/h2-4H,1H3,(H,13,14)(H,15,16). The van der Waals surface area contributed by atoms with E-state index < -0.39 is 16.0 Å². The maximum atomic E-state index is 12.2. The SMILES string of the molecule is Cc1c(C(=O)O)cc(Cl)cc1S(=O)(=O)Nc1nncs1. The maximum absolute atomic E-state index is 12.2. The summed E-state index contributed by atoms with van der Waals surface area (Å²) in [5, 5.41) is 16.2. The fraction of sp³-hybridized carbons (Fsp3) is 0.100. The van der Waals surface area contributed by atoms with E-state index in [4.69, 9.17) is 16.7 Å². The predicted molar refractivity (Wildman–Crippen MR) is 73.9 cm³/mol. The van der Waals surface area contributed by atoms with Gasteiger partial charge in [0.15, 0.2) is 0 Å². The maximum Gasteiger partial charge on any atom is 0.336 e. The zero-order valence-corrected chi connectivity index (χ0v) is 12.4. The molecule has 2 aromatic rings. The van der Waals surface area contributed by atoms with Gasteiger partial charge in [0.2, 0.25) is 5.13 Å². The number of hydrogen-bond donors (Lipinski definition) is 2. The highest BCUT2D eigenvalue weighted by Crippen LogP contribution is 2.26. The van der Waals surface area contributed by atoms with E-state index in [0.717, 1.165) is 11.3 Å². The Bertz CT molecular complexity index is 759. The van der Waals surface area contributed by atoms with Crippen LogP contribution in [0.15, 0.2) is 22.5 Å². The predicted octanol–water partition coefficient (Wildman–Crippen LogP) is 2.00. The Morgan fingerprint density at radius 3 is 2.70 bits per heavy atom. The molecule has 0 fully saturated rings. The third kappa shape index (κ3) is 2.89. The number of rotatable bonds is 4. The Balaban J connectivity index is 2.54. The Hall–Kier alpha value is -1.71. The summed E-state index contributed by atoms with van der Waals surface area (Å²) in [4.78, 5) is 10.9. The molecule has 1 heterocycles. The molecule has 0 unspecified atom stereocenters. The molecule has 0 aliphatic carbocycles. The van der Waals surface area contributed by atoms with Crippen LogP contribution in [0.3, 0.4) is 0 Å². The van der Waals surface area contributed by atoms with Gasteiger partial charge in [-0.2, -0.15) is 0 Å². The van der Waals surface area contributed by atoms with Crippen molar-refractivity contribution in [2.24, 2.45) is 0 Å². The molecule has 1 aromatic heterocycles. The van der Waals surface area contributed by atoms with Crippen molar-refractivity contribution in [1.82, 2.24) is 10.2 Å². The second kappa shape index (κ2) is 5.35. The summed E-state index contributed by atoms with van der Waals surface area (Å²) in [5.74, 6) is -1.25. The third-order valence-electron chi connectivity index (χ3n) is 2.43. The minimum absolute atomic E-state index is 0.0191. The first-order valence-corrected chi connectivity index (χ1v) is 7.88. The lowest BCUT2D eigenvalue weighted by Gasteiger charge is -2.10. The summed E-state index contributed by atoms with van der Waals surface area (Å²) in [5.41, 5.74) is 1.29. The number of aromatic nitrogens is 2. The fourth-order valence-electron chi connectivity index (χ4n) is 1.54. The molecule has 10 heteroatoms. The number of carboxylic acid groups (broad SMARTS) is 1. The molecule has 0 aliphatic rings. The molecule has 7 nitrogen and oxygen atoms in total. The molecule has 0 saturated carbocycles. The van der Waals surface area contributed by atoms with Gasteiger partial charge in [-0.25, -0.2) is 13.2 Å². The summed E-state index contributed by atoms with van der Waals surface area (Å²) >= 11 is 6.78. The lowest BCUT2D eigenvalue weighted by atomic mass is 10.1. The number of hydrogen-bond acceptors (Lipinski definition) is 6. The molecule has 0 bridgehead atoms. The molecule has 1 aromatic carbocycles. The molecule has 0 aliphatic heterocycles. The Morgan fingerprint density at radius 2 is 2.15 bits per heavy atom. The van der Waals surface area contributed by atoms with Gasteiger partial charge in [0.05, 0.1) is 10.5 Å². The molecule has 0 amide bonds. The number of sulfonamides is 1. The Labute approximate surface area is 123 Å². The first-order chi connectivity index (χ1) is 9.31. The first kappa shape index (κ1) is 14.7. The van der Waals surface area contributed by atoms with Crippen LogP contribution in [0.2, 0.25) is 5.02 Å². The van der Waals surface area contributed by atoms with Crippen LogP contribution in [-0.2, 0) is 10.0 Å². The number of aromatic carboxylic acids is 1. The molecule has 2 N–H and O–H groups in total. The molecule has 0 saturated heterocycles. The first-order valence-electron chi connectivity index (χ1n) is 5.13. The second-order valence-electron chi connectivity index (χ2n) is 3.73. The lowest BCUT2D eigenvalue weighted by Crippen LogP contribution is -2.16. The van der Waals surface area contributed by atoms with E-state index in [0.29, 0.717) is 0 Å². The monoisotopic (exact) mass is 333 g/mol. The average Bonchev–Trinajstić information content (AvgIpc) is 2.83. The Morgan fingerprint density at radius 1 is 1.45 bits per heavy atom. The second-order valence-corrected chi connectivity index (χ2v) is 6.65. The van der Waals surface area contributed by atoms with Gasteiger partial charge in [-0.1, -0.05) is 22.9 Å². The van der Waals surface area contributed by atoms with E-state index >= 15 is 0 Å². The summed E-state index contributed by atoms with van der Waals surface area (Å²) < 4.78 is 26.7. The third-order valence-corrected chi connectivity index (χ3v) is 4.85. The zero-order valence-electron chi connectivity index (χ0n) is 9.99. The van der Waals surface area contributed by atoms with E-state index in [2.05, 4.69) is 14.9 Å². The summed E-state index contributed by atoms with van der Waals surface area (Å²) in [6, 6.07) is 2.38. The molecule has 20 heavy (non-hydrogen) atoms. The average molecular weight is 334 g/mol. The number of anilines is 1. The van der Waals surface area contributed by atoms with Gasteiger partial charge in [0.1, 0.15) is 5.51 Å². The van der Waals surface area contributed by atoms with Gasteiger partial charge in [-0.05, 0) is 24.6 Å². The quantitative estimate of drug-likeness (QED) is 0.885. The van der Waals surface area contributed by atoms with Gasteiger partial charge in [0.25, 0.3) is 10.0 Å². The molecular weight excluding hydrogens is 326 g/mol. The Kier molecular flexibility index (Phi) is 3.93. The normalized spacial score (nSPS) is 11.3. The zero-order chi connectivity index (χ0) is 14.9. The van der Waals surface area contributed by atoms with Crippen LogP contribution in [-0.4, -0.2) is 29.7 Å². The molecule has 0 radical (unpaired) electrons. The van der Waals surface area contributed by atoms with Crippen molar-refractivity contribution < 1.29 is 18.3 Å². The summed E-state index contributed by atoms with van der Waals surface area (Å²) in [7, 11) is -3.98. The molecular formula is C10H8ClN3O4S2. The van der Waals surface area contributed by atoms with Gasteiger partial charge in [0, 0.05) is 5.02 Å². The van der Waals surface area contributed by atoms with Crippen molar-refractivity contribution in [3.63, 3.8) is 0 Å². The van der Waals surface area contributed by atoms with Crippen molar-refractivity contribution in [3.05, 3.63) is 33.8 Å². The van der Waals surface area contributed by atoms with Gasteiger partial charge in [-0.3, -0.25) is 4.72 Å². The van der Waals surface area contributed by atoms with Crippen LogP contribution in [0, 0.1) is 6.92 Å². The van der Waals surface area contributed by atoms with E-state index in [-0.39, 0.29) is 26.2 Å². The number of nitrogens with one attached hydrogen (secondary N) is 1. The number of carbonyl (C=O) groups is 1. The largest absolute Gasteiger partial charge is 0.478 e. The van der Waals surface area contributed by atoms with Gasteiger partial charge >= 0.3 is 5.97 Å². The van der Waals surface area contributed by atoms with Gasteiger partial charge < -0.3 is 5.11 Å². The topological polar surface area (TPSA) is 109 Å². The summed E-state index contributed by atoms with van der Waals surface area (Å²) in [6.07, 6.45) is 0. The lowest BCUT2D eigenvalue weighted by molar-refractivity contribution is 0.0696. The molecule has 106 valence electrons. The van der Waals surface area contributed by atoms with E-state index in [9.17, 15) is 13.2 Å².